The smallest absolute Gasteiger partial charge is 0.231 e. The van der Waals surface area contributed by atoms with Crippen molar-refractivity contribution >= 4 is 0 Å². The van der Waals surface area contributed by atoms with Gasteiger partial charge in [0.1, 0.15) is 5.60 Å². The van der Waals surface area contributed by atoms with Crippen LogP contribution in [0.1, 0.15) is 50.8 Å². The van der Waals surface area contributed by atoms with E-state index in [-0.39, 0.29) is 12.8 Å². The standard InChI is InChI=1S/C22H29NO4/c1-15(2)7-6-10-22(3,24)11-8-17-19-16(9-12-23(17)4)13-18-20(21(19)25-5)27-14-26-18/h7,13,17,24H,6,9-10,12,14H2,1-5H3/p+1/t17-,22-/m1/s1. The Hall–Kier alpha value is -2.16. The number of methoxy groups -OCH3 is 1. The fourth-order valence-electron chi connectivity index (χ4n) is 3.65. The highest BCUT2D eigenvalue weighted by Gasteiger charge is 2.36. The average Bonchev–Trinajstić information content (AvgIpc) is 3.06. The highest BCUT2D eigenvalue weighted by molar-refractivity contribution is 5.62. The molecule has 1 aromatic rings. The van der Waals surface area contributed by atoms with Gasteiger partial charge < -0.3 is 24.2 Å². The van der Waals surface area contributed by atoms with Gasteiger partial charge in [0.05, 0.1) is 26.3 Å². The Morgan fingerprint density at radius 3 is 2.93 bits per heavy atom. The molecular weight excluding hydrogens is 342 g/mol. The number of fused-ring (bicyclic) bond motifs is 2. The molecule has 0 radical (unpaired) electrons. The van der Waals surface area contributed by atoms with Crippen LogP contribution >= 0.6 is 0 Å². The number of hydrogen-bond donors (Lipinski definition) is 2. The zero-order chi connectivity index (χ0) is 19.6. The molecule has 0 saturated carbocycles. The monoisotopic (exact) mass is 372 g/mol. The number of quaternary nitrogens is 1. The molecule has 2 aliphatic heterocycles. The fraction of sp³-hybridized carbons (Fsp3) is 0.545. The summed E-state index contributed by atoms with van der Waals surface area (Å²) in [4.78, 5) is 1.28. The van der Waals surface area contributed by atoms with Crippen molar-refractivity contribution in [1.82, 2.24) is 0 Å². The Bertz CT molecular complexity index is 797. The minimum absolute atomic E-state index is 0.0758. The summed E-state index contributed by atoms with van der Waals surface area (Å²) in [5.74, 6) is 8.57. The van der Waals surface area contributed by atoms with Crippen LogP contribution in [0.15, 0.2) is 17.7 Å². The molecule has 0 spiro atoms. The van der Waals surface area contributed by atoms with Crippen molar-refractivity contribution < 1.29 is 24.2 Å². The lowest BCUT2D eigenvalue weighted by Gasteiger charge is -2.30. The van der Waals surface area contributed by atoms with E-state index >= 15 is 0 Å². The maximum absolute atomic E-state index is 10.7. The molecule has 2 heterocycles. The molecule has 0 bridgehead atoms. The van der Waals surface area contributed by atoms with Crippen LogP contribution < -0.4 is 19.1 Å². The van der Waals surface area contributed by atoms with Crippen molar-refractivity contribution in [3.05, 3.63) is 28.8 Å². The molecule has 0 aromatic heterocycles. The normalized spacial score (nSPS) is 22.1. The number of aliphatic hydroxyl groups is 1. The quantitative estimate of drug-likeness (QED) is 0.627. The van der Waals surface area contributed by atoms with E-state index in [9.17, 15) is 5.11 Å². The molecule has 3 rings (SSSR count). The number of hydrogen-bond acceptors (Lipinski definition) is 4. The van der Waals surface area contributed by atoms with Gasteiger partial charge in [0.25, 0.3) is 0 Å². The first-order valence-electron chi connectivity index (χ1n) is 9.52. The zero-order valence-electron chi connectivity index (χ0n) is 16.9. The second-order valence-corrected chi connectivity index (χ2v) is 7.86. The Balaban J connectivity index is 1.93. The van der Waals surface area contributed by atoms with E-state index in [1.807, 2.05) is 6.07 Å². The third kappa shape index (κ3) is 4.23. The zero-order valence-corrected chi connectivity index (χ0v) is 16.9. The van der Waals surface area contributed by atoms with Crippen LogP contribution in [0.2, 0.25) is 0 Å². The van der Waals surface area contributed by atoms with Gasteiger partial charge in [-0.2, -0.15) is 0 Å². The average molecular weight is 372 g/mol. The van der Waals surface area contributed by atoms with Crippen molar-refractivity contribution in [2.24, 2.45) is 0 Å². The lowest BCUT2D eigenvalue weighted by molar-refractivity contribution is -0.905. The van der Waals surface area contributed by atoms with Crippen LogP contribution in [-0.2, 0) is 6.42 Å². The van der Waals surface area contributed by atoms with Gasteiger partial charge in [0.2, 0.25) is 12.5 Å². The molecule has 3 atom stereocenters. The highest BCUT2D eigenvalue weighted by atomic mass is 16.7. The molecule has 0 amide bonds. The van der Waals surface area contributed by atoms with Gasteiger partial charge in [-0.1, -0.05) is 17.6 Å². The molecule has 2 N–H and O–H groups in total. The van der Waals surface area contributed by atoms with Gasteiger partial charge in [-0.25, -0.2) is 0 Å². The van der Waals surface area contributed by atoms with E-state index in [1.54, 1.807) is 14.0 Å². The maximum Gasteiger partial charge on any atom is 0.231 e. The third-order valence-electron chi connectivity index (χ3n) is 5.19. The summed E-state index contributed by atoms with van der Waals surface area (Å²) in [6, 6.07) is 1.97. The van der Waals surface area contributed by atoms with E-state index in [0.29, 0.717) is 17.9 Å². The molecule has 0 aliphatic carbocycles. The summed E-state index contributed by atoms with van der Waals surface area (Å²) in [5, 5.41) is 10.7. The second-order valence-electron chi connectivity index (χ2n) is 7.86. The number of ether oxygens (including phenoxy) is 3. The van der Waals surface area contributed by atoms with Gasteiger partial charge in [0.15, 0.2) is 17.5 Å². The molecule has 0 saturated heterocycles. The first kappa shape index (κ1) is 19.6. The molecule has 5 heteroatoms. The minimum atomic E-state index is -1.02. The summed E-state index contributed by atoms with van der Waals surface area (Å²) in [5.41, 5.74) is 2.47. The van der Waals surface area contributed by atoms with E-state index in [2.05, 4.69) is 38.8 Å². The summed E-state index contributed by atoms with van der Waals surface area (Å²) < 4.78 is 16.9. The summed E-state index contributed by atoms with van der Waals surface area (Å²) in [6.45, 7) is 7.10. The predicted molar refractivity (Wildman–Crippen MR) is 104 cm³/mol. The van der Waals surface area contributed by atoms with E-state index in [0.717, 1.165) is 30.7 Å². The third-order valence-corrected chi connectivity index (χ3v) is 5.19. The second kappa shape index (κ2) is 7.84. The summed E-state index contributed by atoms with van der Waals surface area (Å²) in [6.07, 6.45) is 4.49. The molecule has 2 aliphatic rings. The van der Waals surface area contributed by atoms with Crippen LogP contribution in [-0.4, -0.2) is 38.2 Å². The molecular formula is C22H30NO4+. The lowest BCUT2D eigenvalue weighted by Crippen LogP contribution is -3.10. The van der Waals surface area contributed by atoms with Crippen molar-refractivity contribution in [1.29, 1.82) is 0 Å². The molecule has 146 valence electrons. The first-order valence-corrected chi connectivity index (χ1v) is 9.52. The first-order chi connectivity index (χ1) is 12.8. The number of nitrogens with one attached hydrogen (secondary N) is 1. The van der Waals surface area contributed by atoms with Gasteiger partial charge in [-0.05, 0) is 51.2 Å². The minimum Gasteiger partial charge on any atom is -0.492 e. The number of likely N-dealkylation sites (N-methyl/N-ethyl adjacent to an activating group) is 1. The maximum atomic E-state index is 10.7. The topological polar surface area (TPSA) is 52.4 Å². The number of benzene rings is 1. The molecule has 1 aromatic carbocycles. The SMILES string of the molecule is COc1c2c(cc3c1[C@@H](C#C[C@](C)(O)CCC=C(C)C)[NH+](C)CC3)OCO2. The Morgan fingerprint density at radius 1 is 1.44 bits per heavy atom. The lowest BCUT2D eigenvalue weighted by atomic mass is 9.90. The van der Waals surface area contributed by atoms with Crippen molar-refractivity contribution in [3.8, 4) is 29.1 Å². The van der Waals surface area contributed by atoms with E-state index in [1.165, 1.54) is 16.0 Å². The Labute approximate surface area is 161 Å². The largest absolute Gasteiger partial charge is 0.492 e. The fourth-order valence-corrected chi connectivity index (χ4v) is 3.65. The van der Waals surface area contributed by atoms with Crippen molar-refractivity contribution in [2.75, 3.05) is 27.5 Å². The van der Waals surface area contributed by atoms with Gasteiger partial charge >= 0.3 is 0 Å². The van der Waals surface area contributed by atoms with Crippen LogP contribution in [0.3, 0.4) is 0 Å². The van der Waals surface area contributed by atoms with Crippen LogP contribution in [0.5, 0.6) is 17.2 Å². The predicted octanol–water partition coefficient (Wildman–Crippen LogP) is 2.04. The van der Waals surface area contributed by atoms with E-state index < -0.39 is 5.60 Å². The Morgan fingerprint density at radius 2 is 2.22 bits per heavy atom. The molecule has 5 nitrogen and oxygen atoms in total. The van der Waals surface area contributed by atoms with Crippen LogP contribution in [0.4, 0.5) is 0 Å². The summed E-state index contributed by atoms with van der Waals surface area (Å²) in [7, 11) is 3.78. The van der Waals surface area contributed by atoms with Gasteiger partial charge in [-0.3, -0.25) is 0 Å². The number of rotatable bonds is 4. The van der Waals surface area contributed by atoms with Crippen LogP contribution in [0, 0.1) is 11.8 Å². The number of allylic oxidation sites excluding steroid dienone is 2. The van der Waals surface area contributed by atoms with Gasteiger partial charge in [0, 0.05) is 6.42 Å². The molecule has 27 heavy (non-hydrogen) atoms. The van der Waals surface area contributed by atoms with Crippen molar-refractivity contribution in [2.45, 2.75) is 51.7 Å². The summed E-state index contributed by atoms with van der Waals surface area (Å²) >= 11 is 0. The highest BCUT2D eigenvalue weighted by Crippen LogP contribution is 2.47. The van der Waals surface area contributed by atoms with Gasteiger partial charge in [-0.15, -0.1) is 0 Å². The van der Waals surface area contributed by atoms with Crippen molar-refractivity contribution in [3.63, 3.8) is 0 Å². The van der Waals surface area contributed by atoms with Crippen LogP contribution in [0.25, 0.3) is 0 Å². The molecule has 1 unspecified atom stereocenters. The Kier molecular flexibility index (Phi) is 5.69. The molecule has 0 fully saturated rings. The van der Waals surface area contributed by atoms with E-state index in [4.69, 9.17) is 14.2 Å².